The average Bonchev–Trinajstić information content (AvgIpc) is 1.59. The van der Waals surface area contributed by atoms with Gasteiger partial charge in [-0.2, -0.15) is 25.5 Å². The summed E-state index contributed by atoms with van der Waals surface area (Å²) in [5.74, 6) is -2.35. The van der Waals surface area contributed by atoms with Gasteiger partial charge in [-0.3, -0.25) is 57.5 Å². The van der Waals surface area contributed by atoms with Gasteiger partial charge in [0, 0.05) is 214 Å². The number of hydrogen-bond donors (Lipinski definition) is 5. The molecule has 0 unspecified atom stereocenters. The summed E-state index contributed by atoms with van der Waals surface area (Å²) in [6.45, 7) is 31.0. The van der Waals surface area contributed by atoms with E-state index in [0.717, 1.165) is 246 Å². The summed E-state index contributed by atoms with van der Waals surface area (Å²) in [4.78, 5) is 42.6. The zero-order valence-electron chi connectivity index (χ0n) is 92.6. The molecule has 0 radical (unpaired) electrons. The van der Waals surface area contributed by atoms with Crippen LogP contribution in [0.4, 0.5) is 17.6 Å². The lowest BCUT2D eigenvalue weighted by atomic mass is 9.67. The molecule has 12 heterocycles. The van der Waals surface area contributed by atoms with E-state index in [1.54, 1.807) is 43.1 Å². The van der Waals surface area contributed by atoms with Crippen LogP contribution in [0.3, 0.4) is 0 Å². The summed E-state index contributed by atoms with van der Waals surface area (Å²) >= 11 is 0. The van der Waals surface area contributed by atoms with Crippen LogP contribution in [-0.4, -0.2) is 283 Å². The number of aryl methyl sites for hydroxylation is 3. The molecule has 7 fully saturated rings. The third-order valence-electron chi connectivity index (χ3n) is 36.8. The zero-order chi connectivity index (χ0) is 104. The number of benzene rings is 2. The molecule has 0 atom stereocenters. The SMILES string of the molecule is CCC1(C)CCC(c2c(CN(C)CCNC)nn3c2CCC3)CC1.CCC1(COC)CCC(c2c(CN(C)CCNC)nn3c2CCC3)CC1.CCC1(COC)CCC(c2c(CN(C)CCNC)nn3c2CCC3)CC1.CNCCN(C)Cc1nn2c(c1C1CCC3(CC1)CCN(Cc1ccccc1)C3=O)CC(F)(F)C2.CNCCN(C)Cc1nn2c(c1C1CCC3(CC1)CCN(Cc1ccccc1)C3=O)CC(F)(F)C2. The lowest BCUT2D eigenvalue weighted by molar-refractivity contribution is -0.138. The maximum atomic E-state index is 14.3. The van der Waals surface area contributed by atoms with Crippen molar-refractivity contribution in [2.24, 2.45) is 27.1 Å². The number of halogens is 4. The Labute approximate surface area is 873 Å². The van der Waals surface area contributed by atoms with Crippen LogP contribution in [0, 0.1) is 27.1 Å². The molecule has 26 nitrogen and oxygen atoms in total. The summed E-state index contributed by atoms with van der Waals surface area (Å²) in [7, 11) is 24.4. The minimum atomic E-state index is -2.72. The van der Waals surface area contributed by atoms with Gasteiger partial charge in [-0.15, -0.1) is 0 Å². The predicted molar refractivity (Wildman–Crippen MR) is 576 cm³/mol. The van der Waals surface area contributed by atoms with E-state index < -0.39 is 11.8 Å². The number of amides is 2. The Bertz CT molecular complexity index is 4970. The van der Waals surface area contributed by atoms with Gasteiger partial charge in [-0.25, -0.2) is 17.6 Å². The van der Waals surface area contributed by atoms with Gasteiger partial charge >= 0.3 is 0 Å². The third kappa shape index (κ3) is 27.3. The Balaban J connectivity index is 0.000000138. The third-order valence-corrected chi connectivity index (χ3v) is 36.8. The number of rotatable bonds is 41. The smallest absolute Gasteiger partial charge is 0.272 e. The van der Waals surface area contributed by atoms with Gasteiger partial charge in [0.05, 0.1) is 65.4 Å². The average molecular weight is 2030 g/mol. The molecule has 5 N–H and O–H groups in total. The molecular formula is C116H186F4N22O4. The van der Waals surface area contributed by atoms with E-state index in [0.29, 0.717) is 54.3 Å². The van der Waals surface area contributed by atoms with Crippen molar-refractivity contribution >= 4 is 11.8 Å². The highest BCUT2D eigenvalue weighted by molar-refractivity contribution is 5.85. The quantitative estimate of drug-likeness (QED) is 0.0225. The Kier molecular flexibility index (Phi) is 39.7. The van der Waals surface area contributed by atoms with Crippen molar-refractivity contribution in [1.82, 2.24) is 110 Å². The molecule has 30 heteroatoms. The van der Waals surface area contributed by atoms with Gasteiger partial charge in [0.1, 0.15) is 13.1 Å². The summed E-state index contributed by atoms with van der Waals surface area (Å²) in [5.41, 5.74) is 22.1. The lowest BCUT2D eigenvalue weighted by Gasteiger charge is -2.39. The molecule has 812 valence electrons. The van der Waals surface area contributed by atoms with Gasteiger partial charge in [-0.05, 0) is 320 Å². The van der Waals surface area contributed by atoms with Crippen molar-refractivity contribution < 1.29 is 36.6 Å². The van der Waals surface area contributed by atoms with Crippen LogP contribution in [0.15, 0.2) is 60.7 Å². The van der Waals surface area contributed by atoms with Gasteiger partial charge in [0.15, 0.2) is 0 Å². The molecule has 146 heavy (non-hydrogen) atoms. The molecular weight excluding hydrogens is 1840 g/mol. The van der Waals surface area contributed by atoms with Crippen LogP contribution in [-0.2, 0) is 130 Å². The number of aromatic nitrogens is 10. The second-order valence-corrected chi connectivity index (χ2v) is 47.2. The highest BCUT2D eigenvalue weighted by atomic mass is 19.3. The second kappa shape index (κ2) is 51.4. The topological polar surface area (TPSA) is 225 Å². The van der Waals surface area contributed by atoms with E-state index in [9.17, 15) is 27.2 Å². The highest BCUT2D eigenvalue weighted by Gasteiger charge is 2.54. The first kappa shape index (κ1) is 113. The number of nitrogens with zero attached hydrogens (tertiary/aromatic N) is 17. The standard InChI is InChI=1S/2C27H37F2N5O.2C21H38N4O.C20H36N4/c2*1-30-13-15-32(2)18-22-24(23-16-27(28,29)19-34(23)31-22)21-8-10-26(11-9-21)12-14-33(25(26)35)17-20-6-4-3-5-7-20;2*1-5-21(16-26-4)10-8-17(9-11-21)20-18(15-24(3)14-12-22-2)23-25-13-6-7-19(20)25;1-5-20(2)10-8-16(9-11-20)19-17(15-23(4)14-12-21-3)22-24-13-6-7-18(19)24/h2*3-7,21,30H,8-19H2,1-2H3;2*17,22H,5-16H2,1-4H3;16,21H,5-15H2,1-4H3. The molecule has 7 aliphatic heterocycles. The highest BCUT2D eigenvalue weighted by Crippen LogP contribution is 2.56. The van der Waals surface area contributed by atoms with Gasteiger partial charge in [0.25, 0.3) is 11.8 Å². The number of carbonyl (C=O) groups is 2. The Morgan fingerprint density at radius 2 is 0.623 bits per heavy atom. The summed E-state index contributed by atoms with van der Waals surface area (Å²) in [6.07, 6.45) is 35.2. The molecule has 2 spiro atoms. The molecule has 2 aromatic carbocycles. The number of carbonyl (C=O) groups excluding carboxylic acids is 2. The maximum absolute atomic E-state index is 14.3. The van der Waals surface area contributed by atoms with Crippen molar-refractivity contribution in [2.75, 3.05) is 176 Å². The zero-order valence-corrected chi connectivity index (χ0v) is 92.6. The minimum Gasteiger partial charge on any atom is -0.384 e. The molecule has 2 amide bonds. The molecule has 7 aromatic rings. The molecule has 5 aliphatic carbocycles. The van der Waals surface area contributed by atoms with Gasteiger partial charge < -0.3 is 45.9 Å². The monoisotopic (exact) mass is 2030 g/mol. The first-order valence-electron chi connectivity index (χ1n) is 56.9. The first-order chi connectivity index (χ1) is 70.4. The second-order valence-electron chi connectivity index (χ2n) is 47.2. The van der Waals surface area contributed by atoms with E-state index in [2.05, 4.69) is 163 Å². The van der Waals surface area contributed by atoms with E-state index in [4.69, 9.17) is 24.8 Å². The van der Waals surface area contributed by atoms with Gasteiger partial charge in [-0.1, -0.05) is 94.8 Å². The lowest BCUT2D eigenvalue weighted by Crippen LogP contribution is -2.37. The Morgan fingerprint density at radius 3 is 0.890 bits per heavy atom. The molecule has 0 bridgehead atoms. The summed E-state index contributed by atoms with van der Waals surface area (Å²) < 4.78 is 78.2. The fourth-order valence-electron chi connectivity index (χ4n) is 27.5. The molecule has 12 aliphatic rings. The first-order valence-corrected chi connectivity index (χ1v) is 56.9. The minimum absolute atomic E-state index is 0.196. The number of fused-ring (bicyclic) bond motifs is 5. The van der Waals surface area contributed by atoms with Crippen LogP contribution >= 0.6 is 0 Å². The normalized spacial score (nSPS) is 25.9. The van der Waals surface area contributed by atoms with Crippen molar-refractivity contribution in [1.29, 1.82) is 0 Å². The summed E-state index contributed by atoms with van der Waals surface area (Å²) in [5, 5.41) is 40.5. The Morgan fingerprint density at radius 1 is 0.356 bits per heavy atom. The number of alkyl halides is 4. The predicted octanol–water partition coefficient (Wildman–Crippen LogP) is 17.5. The van der Waals surface area contributed by atoms with Crippen molar-refractivity contribution in [2.45, 2.75) is 360 Å². The maximum Gasteiger partial charge on any atom is 0.272 e. The van der Waals surface area contributed by atoms with Crippen LogP contribution in [0.25, 0.3) is 0 Å². The number of methoxy groups -OCH3 is 2. The number of likely N-dealkylation sites (tertiary alicyclic amines) is 2. The van der Waals surface area contributed by atoms with Crippen LogP contribution in [0.2, 0.25) is 0 Å². The van der Waals surface area contributed by atoms with E-state index in [-0.39, 0.29) is 60.4 Å². The van der Waals surface area contributed by atoms with Crippen molar-refractivity contribution in [3.8, 4) is 0 Å². The number of likely N-dealkylation sites (N-methyl/N-ethyl adjacent to an activating group) is 10. The fourth-order valence-corrected chi connectivity index (χ4v) is 27.5. The summed E-state index contributed by atoms with van der Waals surface area (Å²) in [6, 6.07) is 20.3. The van der Waals surface area contributed by atoms with Crippen LogP contribution in [0.5, 0.6) is 0 Å². The van der Waals surface area contributed by atoms with E-state index in [1.807, 2.05) is 95.7 Å². The van der Waals surface area contributed by atoms with Crippen LogP contribution < -0.4 is 26.6 Å². The van der Waals surface area contributed by atoms with E-state index >= 15 is 0 Å². The Hall–Kier alpha value is -7.33. The molecule has 5 aromatic heterocycles. The van der Waals surface area contributed by atoms with E-state index in [1.165, 1.54) is 152 Å². The van der Waals surface area contributed by atoms with Crippen molar-refractivity contribution in [3.63, 3.8) is 0 Å². The molecule has 19 rings (SSSR count). The fraction of sp³-hybridized carbons (Fsp3) is 0.750. The number of ether oxygens (including phenoxy) is 2. The number of nitrogens with one attached hydrogen (secondary N) is 5. The van der Waals surface area contributed by atoms with Crippen molar-refractivity contribution in [3.05, 3.63) is 157 Å². The number of hydrogen-bond acceptors (Lipinski definition) is 19. The molecule has 2 saturated heterocycles. The largest absolute Gasteiger partial charge is 0.384 e. The van der Waals surface area contributed by atoms with Crippen LogP contribution in [0.1, 0.15) is 333 Å². The molecule has 5 saturated carbocycles. The van der Waals surface area contributed by atoms with Gasteiger partial charge in [0.2, 0.25) is 11.8 Å².